The van der Waals surface area contributed by atoms with Crippen molar-refractivity contribution in [3.63, 3.8) is 0 Å². The van der Waals surface area contributed by atoms with Gasteiger partial charge in [0.25, 0.3) is 0 Å². The highest BCUT2D eigenvalue weighted by molar-refractivity contribution is 5.64. The third-order valence-electron chi connectivity index (χ3n) is 3.43. The number of nitrogens with zero attached hydrogens (tertiary/aromatic N) is 1. The van der Waals surface area contributed by atoms with Crippen molar-refractivity contribution < 1.29 is 4.74 Å². The summed E-state index contributed by atoms with van der Waals surface area (Å²) in [6, 6.07) is 4.91. The van der Waals surface area contributed by atoms with Gasteiger partial charge in [0.2, 0.25) is 0 Å². The molecule has 0 bridgehead atoms. The number of likely N-dealkylation sites (N-methyl/N-ethyl adjacent to an activating group) is 1. The first kappa shape index (κ1) is 9.04. The Morgan fingerprint density at radius 2 is 2.07 bits per heavy atom. The highest BCUT2D eigenvalue weighted by Gasteiger charge is 2.24. The Bertz CT molecular complexity index is 403. The monoisotopic (exact) mass is 204 g/mol. The standard InChI is InChI=1S/C12H16N2O/c1-8-7-15-12-4-10-6-13-5-9(10)3-11(12)14(8)2/h3-4,8,13H,5-7H2,1-2H3. The van der Waals surface area contributed by atoms with Gasteiger partial charge in [-0.2, -0.15) is 0 Å². The maximum Gasteiger partial charge on any atom is 0.143 e. The van der Waals surface area contributed by atoms with Crippen LogP contribution in [0.3, 0.4) is 0 Å². The van der Waals surface area contributed by atoms with E-state index in [2.05, 4.69) is 36.3 Å². The number of rotatable bonds is 0. The predicted molar refractivity (Wildman–Crippen MR) is 60.3 cm³/mol. The molecule has 3 heteroatoms. The molecule has 3 rings (SSSR count). The molecule has 2 aliphatic heterocycles. The number of anilines is 1. The molecule has 1 atom stereocenters. The maximum atomic E-state index is 5.76. The Kier molecular flexibility index (Phi) is 1.89. The van der Waals surface area contributed by atoms with Gasteiger partial charge in [0, 0.05) is 20.1 Å². The fraction of sp³-hybridized carbons (Fsp3) is 0.500. The van der Waals surface area contributed by atoms with E-state index in [1.165, 1.54) is 16.8 Å². The molecule has 2 heterocycles. The molecule has 0 radical (unpaired) electrons. The molecule has 1 unspecified atom stereocenters. The summed E-state index contributed by atoms with van der Waals surface area (Å²) in [6.07, 6.45) is 0. The first-order valence-corrected chi connectivity index (χ1v) is 5.48. The molecule has 0 amide bonds. The van der Waals surface area contributed by atoms with Gasteiger partial charge in [-0.1, -0.05) is 0 Å². The van der Waals surface area contributed by atoms with E-state index in [-0.39, 0.29) is 0 Å². The quantitative estimate of drug-likeness (QED) is 0.693. The second-order valence-corrected chi connectivity index (χ2v) is 4.46. The van der Waals surface area contributed by atoms with E-state index in [9.17, 15) is 0 Å². The summed E-state index contributed by atoms with van der Waals surface area (Å²) < 4.78 is 5.76. The normalized spacial score (nSPS) is 23.3. The molecule has 0 saturated heterocycles. The van der Waals surface area contributed by atoms with Crippen molar-refractivity contribution in [3.8, 4) is 5.75 Å². The van der Waals surface area contributed by atoms with Gasteiger partial charge in [-0.3, -0.25) is 0 Å². The minimum absolute atomic E-state index is 0.463. The molecule has 3 nitrogen and oxygen atoms in total. The SMILES string of the molecule is CC1COc2cc3c(cc2N1C)CNC3. The number of benzene rings is 1. The minimum Gasteiger partial charge on any atom is -0.489 e. The van der Waals surface area contributed by atoms with E-state index in [0.29, 0.717) is 6.04 Å². The zero-order valence-electron chi connectivity index (χ0n) is 9.21. The van der Waals surface area contributed by atoms with E-state index in [1.54, 1.807) is 0 Å². The minimum atomic E-state index is 0.463. The van der Waals surface area contributed by atoms with Gasteiger partial charge in [-0.25, -0.2) is 0 Å². The van der Waals surface area contributed by atoms with Gasteiger partial charge in [0.15, 0.2) is 0 Å². The first-order chi connectivity index (χ1) is 7.25. The summed E-state index contributed by atoms with van der Waals surface area (Å²) in [7, 11) is 2.14. The fourth-order valence-corrected chi connectivity index (χ4v) is 2.27. The Morgan fingerprint density at radius 3 is 2.87 bits per heavy atom. The van der Waals surface area contributed by atoms with Crippen LogP contribution in [0.2, 0.25) is 0 Å². The van der Waals surface area contributed by atoms with E-state index in [1.807, 2.05) is 0 Å². The van der Waals surface area contributed by atoms with Crippen LogP contribution in [0.1, 0.15) is 18.1 Å². The smallest absolute Gasteiger partial charge is 0.143 e. The molecular weight excluding hydrogens is 188 g/mol. The van der Waals surface area contributed by atoms with Gasteiger partial charge in [-0.05, 0) is 30.2 Å². The molecule has 0 aromatic heterocycles. The van der Waals surface area contributed by atoms with Gasteiger partial charge in [0.1, 0.15) is 12.4 Å². The molecule has 2 aliphatic rings. The Labute approximate surface area is 90.0 Å². The fourth-order valence-electron chi connectivity index (χ4n) is 2.27. The third kappa shape index (κ3) is 1.30. The van der Waals surface area contributed by atoms with Crippen LogP contribution in [-0.2, 0) is 13.1 Å². The zero-order valence-corrected chi connectivity index (χ0v) is 9.21. The molecule has 1 N–H and O–H groups in total. The molecule has 0 spiro atoms. The zero-order chi connectivity index (χ0) is 10.4. The topological polar surface area (TPSA) is 24.5 Å². The summed E-state index contributed by atoms with van der Waals surface area (Å²) in [6.45, 7) is 4.94. The molecule has 80 valence electrons. The van der Waals surface area contributed by atoms with Crippen LogP contribution in [0.4, 0.5) is 5.69 Å². The summed E-state index contributed by atoms with van der Waals surface area (Å²) in [5, 5.41) is 3.36. The number of fused-ring (bicyclic) bond motifs is 2. The largest absolute Gasteiger partial charge is 0.489 e. The highest BCUT2D eigenvalue weighted by atomic mass is 16.5. The average molecular weight is 204 g/mol. The molecule has 0 saturated carbocycles. The number of ether oxygens (including phenoxy) is 1. The van der Waals surface area contributed by atoms with Crippen molar-refractivity contribution in [3.05, 3.63) is 23.3 Å². The van der Waals surface area contributed by atoms with Crippen LogP contribution in [0.25, 0.3) is 0 Å². The van der Waals surface area contributed by atoms with Crippen LogP contribution < -0.4 is 15.0 Å². The van der Waals surface area contributed by atoms with Gasteiger partial charge in [-0.15, -0.1) is 0 Å². The van der Waals surface area contributed by atoms with Gasteiger partial charge < -0.3 is 15.0 Å². The second kappa shape index (κ2) is 3.14. The number of hydrogen-bond donors (Lipinski definition) is 1. The third-order valence-corrected chi connectivity index (χ3v) is 3.43. The summed E-state index contributed by atoms with van der Waals surface area (Å²) in [4.78, 5) is 2.30. The van der Waals surface area contributed by atoms with E-state index >= 15 is 0 Å². The van der Waals surface area contributed by atoms with Gasteiger partial charge in [0.05, 0.1) is 11.7 Å². The second-order valence-electron chi connectivity index (χ2n) is 4.46. The van der Waals surface area contributed by atoms with Crippen molar-refractivity contribution in [1.29, 1.82) is 0 Å². The van der Waals surface area contributed by atoms with Crippen LogP contribution in [0.5, 0.6) is 5.75 Å². The summed E-state index contributed by atoms with van der Waals surface area (Å²) in [5.74, 6) is 1.04. The van der Waals surface area contributed by atoms with Crippen LogP contribution >= 0.6 is 0 Å². The van der Waals surface area contributed by atoms with Crippen LogP contribution in [0, 0.1) is 0 Å². The molecule has 1 aromatic carbocycles. The lowest BCUT2D eigenvalue weighted by atomic mass is 10.1. The maximum absolute atomic E-state index is 5.76. The van der Waals surface area contributed by atoms with Crippen molar-refractivity contribution in [2.24, 2.45) is 0 Å². The van der Waals surface area contributed by atoms with Crippen molar-refractivity contribution >= 4 is 5.69 Å². The molecule has 0 fully saturated rings. The lowest BCUT2D eigenvalue weighted by Crippen LogP contribution is -2.38. The highest BCUT2D eigenvalue weighted by Crippen LogP contribution is 2.36. The van der Waals surface area contributed by atoms with Gasteiger partial charge >= 0.3 is 0 Å². The summed E-state index contributed by atoms with van der Waals surface area (Å²) in [5.41, 5.74) is 4.03. The number of hydrogen-bond acceptors (Lipinski definition) is 3. The van der Waals surface area contributed by atoms with Crippen LogP contribution in [0.15, 0.2) is 12.1 Å². The van der Waals surface area contributed by atoms with Crippen molar-refractivity contribution in [1.82, 2.24) is 5.32 Å². The van der Waals surface area contributed by atoms with E-state index < -0.39 is 0 Å². The lowest BCUT2D eigenvalue weighted by molar-refractivity contribution is 0.274. The van der Waals surface area contributed by atoms with E-state index in [0.717, 1.165) is 25.4 Å². The van der Waals surface area contributed by atoms with E-state index in [4.69, 9.17) is 4.74 Å². The van der Waals surface area contributed by atoms with Crippen molar-refractivity contribution in [2.75, 3.05) is 18.6 Å². The molecule has 0 aliphatic carbocycles. The summed E-state index contributed by atoms with van der Waals surface area (Å²) >= 11 is 0. The van der Waals surface area contributed by atoms with Crippen molar-refractivity contribution in [2.45, 2.75) is 26.1 Å². The first-order valence-electron chi connectivity index (χ1n) is 5.48. The lowest BCUT2D eigenvalue weighted by Gasteiger charge is -2.34. The number of nitrogens with one attached hydrogen (secondary N) is 1. The molecule has 15 heavy (non-hydrogen) atoms. The molecular formula is C12H16N2O. The Hall–Kier alpha value is -1.22. The Morgan fingerprint density at radius 1 is 1.33 bits per heavy atom. The Balaban J connectivity index is 2.10. The molecule has 1 aromatic rings. The predicted octanol–water partition coefficient (Wildman–Crippen LogP) is 1.51. The van der Waals surface area contributed by atoms with Crippen LogP contribution in [-0.4, -0.2) is 19.7 Å². The average Bonchev–Trinajstić information content (AvgIpc) is 2.68.